The van der Waals surface area contributed by atoms with Crippen molar-refractivity contribution >= 4 is 34.3 Å². The summed E-state index contributed by atoms with van der Waals surface area (Å²) < 4.78 is 10.2. The summed E-state index contributed by atoms with van der Waals surface area (Å²) in [6.07, 6.45) is 7.64. The van der Waals surface area contributed by atoms with Crippen molar-refractivity contribution in [3.05, 3.63) is 94.4 Å². The molecule has 0 fully saturated rings. The number of carbonyl (C=O) groups is 3. The number of benzene rings is 2. The first-order valence-corrected chi connectivity index (χ1v) is 14.0. The second kappa shape index (κ2) is 15.2. The minimum absolute atomic E-state index is 0.0870. The van der Waals surface area contributed by atoms with Gasteiger partial charge in [-0.05, 0) is 54.7 Å². The third-order valence-corrected chi connectivity index (χ3v) is 6.83. The lowest BCUT2D eigenvalue weighted by Crippen LogP contribution is -2.41. The van der Waals surface area contributed by atoms with Crippen LogP contribution in [-0.4, -0.2) is 41.7 Å². The highest BCUT2D eigenvalue weighted by Gasteiger charge is 2.12. The van der Waals surface area contributed by atoms with E-state index in [0.29, 0.717) is 23.1 Å². The molecule has 1 aliphatic heterocycles. The van der Waals surface area contributed by atoms with Gasteiger partial charge in [-0.1, -0.05) is 53.8 Å². The van der Waals surface area contributed by atoms with Gasteiger partial charge in [-0.3, -0.25) is 25.1 Å². The molecule has 1 aliphatic rings. The van der Waals surface area contributed by atoms with Gasteiger partial charge in [-0.15, -0.1) is 10.2 Å². The number of hydrogen-bond acceptors (Lipinski definition) is 10. The van der Waals surface area contributed by atoms with Crippen LogP contribution in [0.2, 0.25) is 0 Å². The number of aromatic nitrogens is 2. The SMILES string of the molecule is COC(=O)Cc1cccc(OCC(=O)Nc2nnc(CCCCC3=CC=C(NC(=O)Cc4ccccc4)NN3)s2)c1. The fourth-order valence-electron chi connectivity index (χ4n) is 3.89. The Morgan fingerprint density at radius 2 is 1.66 bits per heavy atom. The Balaban J connectivity index is 1.12. The Morgan fingerprint density at radius 3 is 2.44 bits per heavy atom. The van der Waals surface area contributed by atoms with Crippen LogP contribution < -0.4 is 26.2 Å². The van der Waals surface area contributed by atoms with Crippen LogP contribution in [0.3, 0.4) is 0 Å². The Labute approximate surface area is 242 Å². The van der Waals surface area contributed by atoms with Gasteiger partial charge in [0.25, 0.3) is 5.91 Å². The number of carbonyl (C=O) groups excluding carboxylic acids is 3. The maximum Gasteiger partial charge on any atom is 0.309 e. The molecule has 12 heteroatoms. The minimum Gasteiger partial charge on any atom is -0.484 e. The van der Waals surface area contributed by atoms with Gasteiger partial charge in [0.15, 0.2) is 6.61 Å². The normalized spacial score (nSPS) is 12.2. The van der Waals surface area contributed by atoms with Gasteiger partial charge in [0.1, 0.15) is 16.6 Å². The van der Waals surface area contributed by atoms with Crippen LogP contribution >= 0.6 is 11.3 Å². The first-order valence-electron chi connectivity index (χ1n) is 13.1. The summed E-state index contributed by atoms with van der Waals surface area (Å²) in [7, 11) is 1.34. The first-order chi connectivity index (χ1) is 20.0. The number of esters is 1. The molecule has 0 bridgehead atoms. The predicted molar refractivity (Wildman–Crippen MR) is 154 cm³/mol. The predicted octanol–water partition coefficient (Wildman–Crippen LogP) is 3.18. The fourth-order valence-corrected chi connectivity index (χ4v) is 4.69. The van der Waals surface area contributed by atoms with E-state index >= 15 is 0 Å². The van der Waals surface area contributed by atoms with Crippen LogP contribution in [-0.2, 0) is 38.4 Å². The van der Waals surface area contributed by atoms with Crippen molar-refractivity contribution in [1.29, 1.82) is 0 Å². The molecule has 41 heavy (non-hydrogen) atoms. The van der Waals surface area contributed by atoms with Crippen LogP contribution in [0.1, 0.15) is 35.4 Å². The third kappa shape index (κ3) is 10.1. The molecule has 3 aromatic rings. The van der Waals surface area contributed by atoms with Crippen molar-refractivity contribution in [2.75, 3.05) is 19.0 Å². The Kier molecular flexibility index (Phi) is 10.8. The summed E-state index contributed by atoms with van der Waals surface area (Å²) in [4.78, 5) is 35.9. The molecule has 0 aliphatic carbocycles. The zero-order chi connectivity index (χ0) is 28.9. The molecule has 11 nitrogen and oxygen atoms in total. The molecule has 0 unspecified atom stereocenters. The van der Waals surface area contributed by atoms with Gasteiger partial charge in [0, 0.05) is 12.1 Å². The van der Waals surface area contributed by atoms with Crippen LogP contribution in [0.15, 0.2) is 78.3 Å². The molecular weight excluding hydrogens is 544 g/mol. The molecule has 0 radical (unpaired) electrons. The molecule has 1 aromatic heterocycles. The number of anilines is 1. The lowest BCUT2D eigenvalue weighted by molar-refractivity contribution is -0.139. The highest BCUT2D eigenvalue weighted by Crippen LogP contribution is 2.19. The van der Waals surface area contributed by atoms with E-state index in [1.807, 2.05) is 42.5 Å². The Hall–Kier alpha value is -4.71. The van der Waals surface area contributed by atoms with E-state index in [0.717, 1.165) is 47.5 Å². The van der Waals surface area contributed by atoms with Crippen molar-refractivity contribution in [2.24, 2.45) is 0 Å². The van der Waals surface area contributed by atoms with Gasteiger partial charge in [-0.2, -0.15) is 0 Å². The standard InChI is InChI=1S/C29H32N6O5S/c1-39-28(38)18-21-10-7-12-23(16-21)40-19-26(37)31-29-35-34-27(41-29)13-6-5-11-22-14-15-24(33-32-22)30-25(36)17-20-8-3-2-4-9-20/h2-4,7-10,12,14-16,32-33H,5-6,11,13,17-19H2,1H3,(H,30,36)(H,31,35,37). The maximum atomic E-state index is 12.3. The van der Waals surface area contributed by atoms with E-state index in [9.17, 15) is 14.4 Å². The number of unbranched alkanes of at least 4 members (excludes halogenated alkanes) is 1. The van der Waals surface area contributed by atoms with E-state index in [-0.39, 0.29) is 30.8 Å². The first kappa shape index (κ1) is 29.3. The van der Waals surface area contributed by atoms with E-state index < -0.39 is 0 Å². The lowest BCUT2D eigenvalue weighted by Gasteiger charge is -2.20. The number of nitrogens with zero attached hydrogens (tertiary/aromatic N) is 2. The number of aryl methyl sites for hydroxylation is 1. The molecule has 2 aromatic carbocycles. The van der Waals surface area contributed by atoms with Gasteiger partial charge >= 0.3 is 5.97 Å². The Bertz CT molecular complexity index is 1410. The maximum absolute atomic E-state index is 12.3. The zero-order valence-electron chi connectivity index (χ0n) is 22.6. The topological polar surface area (TPSA) is 144 Å². The van der Waals surface area contributed by atoms with Gasteiger partial charge < -0.3 is 20.2 Å². The van der Waals surface area contributed by atoms with E-state index in [1.54, 1.807) is 24.3 Å². The summed E-state index contributed by atoms with van der Waals surface area (Å²) in [5, 5.41) is 15.0. The summed E-state index contributed by atoms with van der Waals surface area (Å²) in [6.45, 7) is -0.195. The zero-order valence-corrected chi connectivity index (χ0v) is 23.5. The van der Waals surface area contributed by atoms with Gasteiger partial charge in [0.2, 0.25) is 11.0 Å². The molecule has 214 valence electrons. The molecule has 2 amide bonds. The van der Waals surface area contributed by atoms with Crippen LogP contribution in [0.5, 0.6) is 5.75 Å². The average molecular weight is 577 g/mol. The second-order valence-corrected chi connectivity index (χ2v) is 10.2. The highest BCUT2D eigenvalue weighted by atomic mass is 32.1. The summed E-state index contributed by atoms with van der Waals surface area (Å²) in [5.74, 6) is 0.306. The minimum atomic E-state index is -0.349. The van der Waals surface area contributed by atoms with E-state index in [2.05, 4.69) is 36.4 Å². The van der Waals surface area contributed by atoms with Crippen molar-refractivity contribution in [1.82, 2.24) is 26.4 Å². The molecule has 0 atom stereocenters. The summed E-state index contributed by atoms with van der Waals surface area (Å²) in [6, 6.07) is 16.5. The molecule has 2 heterocycles. The summed E-state index contributed by atoms with van der Waals surface area (Å²) in [5.41, 5.74) is 8.86. The van der Waals surface area contributed by atoms with Gasteiger partial charge in [0.05, 0.1) is 20.0 Å². The quantitative estimate of drug-likeness (QED) is 0.168. The molecular formula is C29H32N6O5S. The summed E-state index contributed by atoms with van der Waals surface area (Å²) >= 11 is 1.33. The fraction of sp³-hybridized carbons (Fsp3) is 0.276. The highest BCUT2D eigenvalue weighted by molar-refractivity contribution is 7.15. The number of ether oxygens (including phenoxy) is 2. The number of allylic oxidation sites excluding steroid dienone is 3. The molecule has 0 saturated carbocycles. The number of hydrazine groups is 1. The molecule has 0 spiro atoms. The van der Waals surface area contributed by atoms with E-state index in [4.69, 9.17) is 4.74 Å². The average Bonchev–Trinajstić information content (AvgIpc) is 3.42. The number of nitrogens with one attached hydrogen (secondary N) is 4. The molecule has 4 N–H and O–H groups in total. The van der Waals surface area contributed by atoms with Crippen molar-refractivity contribution in [3.63, 3.8) is 0 Å². The monoisotopic (exact) mass is 576 g/mol. The number of rotatable bonds is 14. The smallest absolute Gasteiger partial charge is 0.309 e. The largest absolute Gasteiger partial charge is 0.484 e. The Morgan fingerprint density at radius 1 is 0.854 bits per heavy atom. The number of methoxy groups -OCH3 is 1. The number of amides is 2. The third-order valence-electron chi connectivity index (χ3n) is 5.93. The van der Waals surface area contributed by atoms with Crippen molar-refractivity contribution in [2.45, 2.75) is 38.5 Å². The van der Waals surface area contributed by atoms with Crippen LogP contribution in [0.25, 0.3) is 0 Å². The van der Waals surface area contributed by atoms with Gasteiger partial charge in [-0.25, -0.2) is 0 Å². The van der Waals surface area contributed by atoms with Crippen molar-refractivity contribution < 1.29 is 23.9 Å². The molecule has 0 saturated heterocycles. The van der Waals surface area contributed by atoms with Crippen molar-refractivity contribution in [3.8, 4) is 5.75 Å². The van der Waals surface area contributed by atoms with Crippen LogP contribution in [0, 0.1) is 0 Å². The second-order valence-electron chi connectivity index (χ2n) is 9.18. The van der Waals surface area contributed by atoms with E-state index in [1.165, 1.54) is 18.4 Å². The van der Waals surface area contributed by atoms with Crippen LogP contribution in [0.4, 0.5) is 5.13 Å². The lowest BCUT2D eigenvalue weighted by atomic mass is 10.1. The number of hydrogen-bond donors (Lipinski definition) is 4. The molecule has 4 rings (SSSR count).